The van der Waals surface area contributed by atoms with Crippen LogP contribution >= 0.6 is 11.8 Å². The van der Waals surface area contributed by atoms with Gasteiger partial charge in [0.15, 0.2) is 0 Å². The maximum atomic E-state index is 13.1. The van der Waals surface area contributed by atoms with E-state index in [0.717, 1.165) is 23.6 Å². The van der Waals surface area contributed by atoms with E-state index >= 15 is 0 Å². The Labute approximate surface area is 110 Å². The van der Waals surface area contributed by atoms with Gasteiger partial charge in [-0.05, 0) is 17.7 Å². The fourth-order valence-corrected chi connectivity index (χ4v) is 3.29. The largest absolute Gasteiger partial charge is 0.481 e. The lowest BCUT2D eigenvalue weighted by molar-refractivity contribution is -0.138. The highest BCUT2D eigenvalue weighted by molar-refractivity contribution is 7.99. The van der Waals surface area contributed by atoms with Crippen molar-refractivity contribution in [2.24, 2.45) is 0 Å². The van der Waals surface area contributed by atoms with Gasteiger partial charge in [-0.25, -0.2) is 4.39 Å². The Morgan fingerprint density at radius 3 is 3.11 bits per heavy atom. The second-order valence-electron chi connectivity index (χ2n) is 4.43. The standard InChI is InChI=1S/C13H16FNO2S/c14-11-3-1-2-10(6-11)8-15-4-5-18-9-12(15)7-13(16)17/h1-3,6,12H,4-5,7-9H2,(H,16,17). The number of aliphatic carboxylic acids is 1. The minimum atomic E-state index is -0.772. The van der Waals surface area contributed by atoms with Crippen LogP contribution in [0.5, 0.6) is 0 Å². The summed E-state index contributed by atoms with van der Waals surface area (Å²) in [5.41, 5.74) is 0.900. The number of carboxylic acid groups (broad SMARTS) is 1. The van der Waals surface area contributed by atoms with Crippen molar-refractivity contribution in [3.8, 4) is 0 Å². The summed E-state index contributed by atoms with van der Waals surface area (Å²) in [4.78, 5) is 13.0. The maximum absolute atomic E-state index is 13.1. The number of halogens is 1. The molecule has 98 valence electrons. The molecule has 3 nitrogen and oxygen atoms in total. The van der Waals surface area contributed by atoms with E-state index in [1.165, 1.54) is 12.1 Å². The summed E-state index contributed by atoms with van der Waals surface area (Å²) < 4.78 is 13.1. The summed E-state index contributed by atoms with van der Waals surface area (Å²) in [6, 6.07) is 6.55. The van der Waals surface area contributed by atoms with Gasteiger partial charge in [-0.3, -0.25) is 9.69 Å². The average molecular weight is 269 g/mol. The Morgan fingerprint density at radius 2 is 2.39 bits per heavy atom. The van der Waals surface area contributed by atoms with E-state index < -0.39 is 5.97 Å². The molecule has 18 heavy (non-hydrogen) atoms. The molecule has 5 heteroatoms. The van der Waals surface area contributed by atoms with Crippen LogP contribution in [0.1, 0.15) is 12.0 Å². The Kier molecular flexibility index (Phi) is 4.60. The van der Waals surface area contributed by atoms with Crippen molar-refractivity contribution in [1.82, 2.24) is 4.90 Å². The molecule has 1 saturated heterocycles. The van der Waals surface area contributed by atoms with Gasteiger partial charge < -0.3 is 5.11 Å². The first-order valence-electron chi connectivity index (χ1n) is 5.93. The maximum Gasteiger partial charge on any atom is 0.304 e. The molecule has 0 radical (unpaired) electrons. The van der Waals surface area contributed by atoms with E-state index in [2.05, 4.69) is 4.90 Å². The Balaban J connectivity index is 2.03. The summed E-state index contributed by atoms with van der Waals surface area (Å²) >= 11 is 1.78. The van der Waals surface area contributed by atoms with E-state index in [1.807, 2.05) is 6.07 Å². The van der Waals surface area contributed by atoms with Gasteiger partial charge in [0, 0.05) is 30.6 Å². The Bertz CT molecular complexity index is 427. The third-order valence-electron chi connectivity index (χ3n) is 3.03. The fourth-order valence-electron chi connectivity index (χ4n) is 2.16. The molecular formula is C13H16FNO2S. The van der Waals surface area contributed by atoms with Gasteiger partial charge in [-0.2, -0.15) is 11.8 Å². The number of carbonyl (C=O) groups is 1. The lowest BCUT2D eigenvalue weighted by atomic mass is 10.1. The van der Waals surface area contributed by atoms with Gasteiger partial charge in [0.05, 0.1) is 6.42 Å². The van der Waals surface area contributed by atoms with Crippen molar-refractivity contribution in [3.63, 3.8) is 0 Å². The lowest BCUT2D eigenvalue weighted by Crippen LogP contribution is -2.42. The zero-order chi connectivity index (χ0) is 13.0. The molecule has 1 aromatic carbocycles. The van der Waals surface area contributed by atoms with Crippen LogP contribution in [0.25, 0.3) is 0 Å². The number of hydrogen-bond donors (Lipinski definition) is 1. The Morgan fingerprint density at radius 1 is 1.56 bits per heavy atom. The quantitative estimate of drug-likeness (QED) is 0.910. The molecule has 1 aliphatic rings. The van der Waals surface area contributed by atoms with Crippen LogP contribution in [-0.4, -0.2) is 40.1 Å². The zero-order valence-electron chi connectivity index (χ0n) is 10.0. The number of benzene rings is 1. The average Bonchev–Trinajstić information content (AvgIpc) is 2.31. The molecule has 0 spiro atoms. The van der Waals surface area contributed by atoms with E-state index in [9.17, 15) is 9.18 Å². The SMILES string of the molecule is O=C(O)CC1CSCCN1Cc1cccc(F)c1. The van der Waals surface area contributed by atoms with E-state index in [0.29, 0.717) is 6.54 Å². The molecule has 1 unspecified atom stereocenters. The molecule has 1 N–H and O–H groups in total. The molecule has 0 bridgehead atoms. The Hall–Kier alpha value is -1.07. The zero-order valence-corrected chi connectivity index (χ0v) is 10.8. The minimum absolute atomic E-state index is 0.0458. The minimum Gasteiger partial charge on any atom is -0.481 e. The van der Waals surface area contributed by atoms with Gasteiger partial charge in [-0.1, -0.05) is 12.1 Å². The number of hydrogen-bond acceptors (Lipinski definition) is 3. The number of thioether (sulfide) groups is 1. The predicted octanol–water partition coefficient (Wildman–Crippen LogP) is 2.22. The van der Waals surface area contributed by atoms with Gasteiger partial charge in [0.25, 0.3) is 0 Å². The molecule has 1 aliphatic heterocycles. The number of carboxylic acids is 1. The predicted molar refractivity (Wildman–Crippen MR) is 70.2 cm³/mol. The van der Waals surface area contributed by atoms with Crippen LogP contribution in [-0.2, 0) is 11.3 Å². The van der Waals surface area contributed by atoms with E-state index in [1.54, 1.807) is 17.8 Å². The van der Waals surface area contributed by atoms with Gasteiger partial charge in [0.1, 0.15) is 5.82 Å². The van der Waals surface area contributed by atoms with E-state index in [-0.39, 0.29) is 18.3 Å². The van der Waals surface area contributed by atoms with Crippen molar-refractivity contribution in [2.75, 3.05) is 18.1 Å². The summed E-state index contributed by atoms with van der Waals surface area (Å²) in [6.07, 6.45) is 0.155. The molecule has 0 aliphatic carbocycles. The van der Waals surface area contributed by atoms with Crippen LogP contribution in [0.4, 0.5) is 4.39 Å². The number of nitrogens with zero attached hydrogens (tertiary/aromatic N) is 1. The van der Waals surface area contributed by atoms with Crippen molar-refractivity contribution in [1.29, 1.82) is 0 Å². The van der Waals surface area contributed by atoms with Crippen LogP contribution in [0, 0.1) is 5.82 Å². The highest BCUT2D eigenvalue weighted by Gasteiger charge is 2.24. The van der Waals surface area contributed by atoms with Crippen LogP contribution < -0.4 is 0 Å². The monoisotopic (exact) mass is 269 g/mol. The highest BCUT2D eigenvalue weighted by atomic mass is 32.2. The van der Waals surface area contributed by atoms with Crippen molar-refractivity contribution in [2.45, 2.75) is 19.0 Å². The van der Waals surface area contributed by atoms with Gasteiger partial charge in [-0.15, -0.1) is 0 Å². The topological polar surface area (TPSA) is 40.5 Å². The highest BCUT2D eigenvalue weighted by Crippen LogP contribution is 2.21. The first kappa shape index (κ1) is 13.4. The first-order chi connectivity index (χ1) is 8.65. The molecule has 2 rings (SSSR count). The normalized spacial score (nSPS) is 20.8. The van der Waals surface area contributed by atoms with Crippen LogP contribution in [0.3, 0.4) is 0 Å². The van der Waals surface area contributed by atoms with Crippen LogP contribution in [0.15, 0.2) is 24.3 Å². The second kappa shape index (κ2) is 6.20. The summed E-state index contributed by atoms with van der Waals surface area (Å²) in [5, 5.41) is 8.90. The first-order valence-corrected chi connectivity index (χ1v) is 7.08. The molecule has 0 amide bonds. The summed E-state index contributed by atoms with van der Waals surface area (Å²) in [6.45, 7) is 1.48. The molecule has 0 aromatic heterocycles. The third-order valence-corrected chi connectivity index (χ3v) is 4.13. The third kappa shape index (κ3) is 3.71. The molecule has 1 fully saturated rings. The van der Waals surface area contributed by atoms with Crippen molar-refractivity contribution >= 4 is 17.7 Å². The number of rotatable bonds is 4. The molecule has 1 atom stereocenters. The molecule has 1 aromatic rings. The summed E-state index contributed by atoms with van der Waals surface area (Å²) in [5.74, 6) is 0.827. The molecule has 1 heterocycles. The molecular weight excluding hydrogens is 253 g/mol. The van der Waals surface area contributed by atoms with Crippen molar-refractivity contribution in [3.05, 3.63) is 35.6 Å². The van der Waals surface area contributed by atoms with Crippen molar-refractivity contribution < 1.29 is 14.3 Å². The van der Waals surface area contributed by atoms with Gasteiger partial charge in [0.2, 0.25) is 0 Å². The molecule has 0 saturated carbocycles. The fraction of sp³-hybridized carbons (Fsp3) is 0.462. The van der Waals surface area contributed by atoms with Crippen LogP contribution in [0.2, 0.25) is 0 Å². The van der Waals surface area contributed by atoms with Gasteiger partial charge >= 0.3 is 5.97 Å². The summed E-state index contributed by atoms with van der Waals surface area (Å²) in [7, 11) is 0. The smallest absolute Gasteiger partial charge is 0.304 e. The lowest BCUT2D eigenvalue weighted by Gasteiger charge is -2.34. The second-order valence-corrected chi connectivity index (χ2v) is 5.58. The van der Waals surface area contributed by atoms with E-state index in [4.69, 9.17) is 5.11 Å².